The van der Waals surface area contributed by atoms with Crippen molar-refractivity contribution in [2.75, 3.05) is 26.9 Å². The lowest BCUT2D eigenvalue weighted by Gasteiger charge is -2.32. The second-order valence-corrected chi connectivity index (χ2v) is 5.86. The van der Waals surface area contributed by atoms with Gasteiger partial charge in [-0.15, -0.1) is 0 Å². The smallest absolute Gasteiger partial charge is 0.323 e. The number of carbonyl (C=O) groups is 2. The number of hydrogen-bond acceptors (Lipinski definition) is 4. The summed E-state index contributed by atoms with van der Waals surface area (Å²) in [6.07, 6.45) is 4.20. The minimum atomic E-state index is -1.04. The fourth-order valence-corrected chi connectivity index (χ4v) is 2.80. The molecule has 1 heterocycles. The van der Waals surface area contributed by atoms with Gasteiger partial charge in [-0.3, -0.25) is 9.59 Å². The van der Waals surface area contributed by atoms with E-state index in [9.17, 15) is 9.59 Å². The zero-order valence-electron chi connectivity index (χ0n) is 13.4. The van der Waals surface area contributed by atoms with Crippen LogP contribution < -0.4 is 4.74 Å². The van der Waals surface area contributed by atoms with E-state index >= 15 is 0 Å². The SMILES string of the molecule is COc1ccc(Cl)cc1/C=C\C(=O)N(CC(=O)O)C1CCOCC1. The van der Waals surface area contributed by atoms with E-state index in [4.69, 9.17) is 26.2 Å². The molecule has 1 aromatic rings. The quantitative estimate of drug-likeness (QED) is 0.795. The molecule has 2 rings (SSSR count). The first-order valence-corrected chi connectivity index (χ1v) is 8.01. The number of hydrogen-bond donors (Lipinski definition) is 1. The molecule has 0 aliphatic carbocycles. The Morgan fingerprint density at radius 2 is 2.12 bits per heavy atom. The van der Waals surface area contributed by atoms with Crippen LogP contribution in [0.25, 0.3) is 6.08 Å². The van der Waals surface area contributed by atoms with E-state index in [1.807, 2.05) is 0 Å². The van der Waals surface area contributed by atoms with Gasteiger partial charge >= 0.3 is 5.97 Å². The Balaban J connectivity index is 2.17. The number of benzene rings is 1. The number of ether oxygens (including phenoxy) is 2. The van der Waals surface area contributed by atoms with Gasteiger partial charge in [0, 0.05) is 35.9 Å². The Morgan fingerprint density at radius 3 is 2.75 bits per heavy atom. The number of rotatable bonds is 6. The van der Waals surface area contributed by atoms with Gasteiger partial charge in [0.15, 0.2) is 0 Å². The van der Waals surface area contributed by atoms with Crippen LogP contribution in [-0.2, 0) is 14.3 Å². The highest BCUT2D eigenvalue weighted by Gasteiger charge is 2.26. The molecule has 0 bridgehead atoms. The van der Waals surface area contributed by atoms with Crippen LogP contribution in [0.5, 0.6) is 5.75 Å². The first kappa shape index (κ1) is 18.3. The summed E-state index contributed by atoms with van der Waals surface area (Å²) < 4.78 is 10.5. The van der Waals surface area contributed by atoms with E-state index in [2.05, 4.69) is 0 Å². The van der Waals surface area contributed by atoms with Crippen molar-refractivity contribution in [2.24, 2.45) is 0 Å². The topological polar surface area (TPSA) is 76.1 Å². The second-order valence-electron chi connectivity index (χ2n) is 5.42. The molecule has 6 nitrogen and oxygen atoms in total. The van der Waals surface area contributed by atoms with Gasteiger partial charge in [0.1, 0.15) is 12.3 Å². The van der Waals surface area contributed by atoms with Crippen molar-refractivity contribution in [3.8, 4) is 5.75 Å². The summed E-state index contributed by atoms with van der Waals surface area (Å²) >= 11 is 5.97. The number of amides is 1. The molecule has 1 amide bonds. The Morgan fingerprint density at radius 1 is 1.42 bits per heavy atom. The highest BCUT2D eigenvalue weighted by Crippen LogP contribution is 2.24. The Bertz CT molecular complexity index is 625. The molecule has 7 heteroatoms. The zero-order chi connectivity index (χ0) is 17.5. The van der Waals surface area contributed by atoms with Crippen LogP contribution in [-0.4, -0.2) is 54.8 Å². The number of carboxylic acids is 1. The summed E-state index contributed by atoms with van der Waals surface area (Å²) in [6.45, 7) is 0.723. The number of nitrogens with zero attached hydrogens (tertiary/aromatic N) is 1. The van der Waals surface area contributed by atoms with Gasteiger partial charge < -0.3 is 19.5 Å². The Labute approximate surface area is 145 Å². The zero-order valence-corrected chi connectivity index (χ0v) is 14.2. The molecule has 0 atom stereocenters. The third-order valence-electron chi connectivity index (χ3n) is 3.82. The van der Waals surface area contributed by atoms with Crippen LogP contribution in [0, 0.1) is 0 Å². The predicted molar refractivity (Wildman–Crippen MR) is 90.2 cm³/mol. The highest BCUT2D eigenvalue weighted by atomic mass is 35.5. The molecule has 1 N–H and O–H groups in total. The summed E-state index contributed by atoms with van der Waals surface area (Å²) in [4.78, 5) is 25.0. The molecular weight excluding hydrogens is 334 g/mol. The van der Waals surface area contributed by atoms with E-state index in [0.29, 0.717) is 42.4 Å². The van der Waals surface area contributed by atoms with Crippen molar-refractivity contribution in [3.05, 3.63) is 34.9 Å². The van der Waals surface area contributed by atoms with Gasteiger partial charge in [0.25, 0.3) is 0 Å². The average Bonchev–Trinajstić information content (AvgIpc) is 2.58. The first-order chi connectivity index (χ1) is 11.5. The van der Waals surface area contributed by atoms with Crippen LogP contribution in [0.4, 0.5) is 0 Å². The van der Waals surface area contributed by atoms with Gasteiger partial charge in [-0.2, -0.15) is 0 Å². The maximum atomic E-state index is 12.5. The van der Waals surface area contributed by atoms with E-state index < -0.39 is 5.97 Å². The standard InChI is InChI=1S/C17H20ClNO5/c1-23-15-4-3-13(18)10-12(15)2-5-16(20)19(11-17(21)22)14-6-8-24-9-7-14/h2-5,10,14H,6-9,11H2,1H3,(H,21,22)/b5-2-. The van der Waals surface area contributed by atoms with E-state index in [1.165, 1.54) is 18.1 Å². The van der Waals surface area contributed by atoms with Crippen molar-refractivity contribution in [1.29, 1.82) is 0 Å². The van der Waals surface area contributed by atoms with Crippen LogP contribution in [0.3, 0.4) is 0 Å². The van der Waals surface area contributed by atoms with Crippen molar-refractivity contribution < 1.29 is 24.2 Å². The molecule has 0 unspecified atom stereocenters. The molecule has 130 valence electrons. The number of methoxy groups -OCH3 is 1. The van der Waals surface area contributed by atoms with Gasteiger partial charge in [-0.25, -0.2) is 0 Å². The van der Waals surface area contributed by atoms with E-state index in [1.54, 1.807) is 24.3 Å². The van der Waals surface area contributed by atoms with Gasteiger partial charge in [0.05, 0.1) is 7.11 Å². The maximum absolute atomic E-state index is 12.5. The Kier molecular flexibility index (Phi) is 6.63. The molecule has 0 saturated carbocycles. The molecule has 24 heavy (non-hydrogen) atoms. The van der Waals surface area contributed by atoms with Crippen LogP contribution in [0.15, 0.2) is 24.3 Å². The molecule has 1 fully saturated rings. The third kappa shape index (κ3) is 4.97. The molecule has 1 aliphatic heterocycles. The molecule has 1 saturated heterocycles. The normalized spacial score (nSPS) is 15.4. The summed E-state index contributed by atoms with van der Waals surface area (Å²) in [5.74, 6) is -0.811. The van der Waals surface area contributed by atoms with Crippen molar-refractivity contribution in [3.63, 3.8) is 0 Å². The number of carboxylic acid groups (broad SMARTS) is 1. The lowest BCUT2D eigenvalue weighted by molar-refractivity contribution is -0.145. The molecule has 0 spiro atoms. The fourth-order valence-electron chi connectivity index (χ4n) is 2.62. The molecule has 1 aliphatic rings. The van der Waals surface area contributed by atoms with Gasteiger partial charge in [0.2, 0.25) is 5.91 Å². The lowest BCUT2D eigenvalue weighted by atomic mass is 10.1. The average molecular weight is 354 g/mol. The molecule has 0 aromatic heterocycles. The highest BCUT2D eigenvalue weighted by molar-refractivity contribution is 6.30. The number of aliphatic carboxylic acids is 1. The summed E-state index contributed by atoms with van der Waals surface area (Å²) in [6, 6.07) is 4.95. The van der Waals surface area contributed by atoms with Gasteiger partial charge in [-0.1, -0.05) is 11.6 Å². The van der Waals surface area contributed by atoms with Crippen molar-refractivity contribution in [1.82, 2.24) is 4.90 Å². The monoisotopic (exact) mass is 353 g/mol. The minimum absolute atomic E-state index is 0.131. The number of halogens is 1. The first-order valence-electron chi connectivity index (χ1n) is 7.63. The third-order valence-corrected chi connectivity index (χ3v) is 4.05. The van der Waals surface area contributed by atoms with Crippen LogP contribution in [0.2, 0.25) is 5.02 Å². The molecule has 1 aromatic carbocycles. The largest absolute Gasteiger partial charge is 0.496 e. The maximum Gasteiger partial charge on any atom is 0.323 e. The molecular formula is C17H20ClNO5. The van der Waals surface area contributed by atoms with Crippen molar-refractivity contribution >= 4 is 29.6 Å². The summed E-state index contributed by atoms with van der Waals surface area (Å²) in [5, 5.41) is 9.60. The Hall–Kier alpha value is -2.05. The van der Waals surface area contributed by atoms with Crippen molar-refractivity contribution in [2.45, 2.75) is 18.9 Å². The summed E-state index contributed by atoms with van der Waals surface area (Å²) in [5.41, 5.74) is 0.653. The van der Waals surface area contributed by atoms with E-state index in [0.717, 1.165) is 0 Å². The van der Waals surface area contributed by atoms with E-state index in [-0.39, 0.29) is 18.5 Å². The fraction of sp³-hybridized carbons (Fsp3) is 0.412. The van der Waals surface area contributed by atoms with Crippen LogP contribution in [0.1, 0.15) is 18.4 Å². The predicted octanol–water partition coefficient (Wildman–Crippen LogP) is 2.45. The van der Waals surface area contributed by atoms with Crippen LogP contribution >= 0.6 is 11.6 Å². The summed E-state index contributed by atoms with van der Waals surface area (Å²) in [7, 11) is 1.53. The lowest BCUT2D eigenvalue weighted by Crippen LogP contribution is -2.45. The van der Waals surface area contributed by atoms with Gasteiger partial charge in [-0.05, 0) is 37.1 Å². The minimum Gasteiger partial charge on any atom is -0.496 e. The number of carbonyl (C=O) groups excluding carboxylic acids is 1. The molecule has 0 radical (unpaired) electrons. The second kappa shape index (κ2) is 8.70.